The summed E-state index contributed by atoms with van der Waals surface area (Å²) >= 11 is 0. The first-order chi connectivity index (χ1) is 10.1. The molecule has 21 heavy (non-hydrogen) atoms. The van der Waals surface area contributed by atoms with Crippen LogP contribution in [0.25, 0.3) is 0 Å². The molecule has 0 spiro atoms. The van der Waals surface area contributed by atoms with E-state index >= 15 is 0 Å². The van der Waals surface area contributed by atoms with Crippen molar-refractivity contribution in [3.05, 3.63) is 40.7 Å². The topological polar surface area (TPSA) is 103 Å². The molecule has 3 N–H and O–H groups in total. The van der Waals surface area contributed by atoms with E-state index in [4.69, 9.17) is 15.6 Å². The number of aromatic carboxylic acids is 1. The maximum atomic E-state index is 11.0. The molecule has 2 aromatic rings. The minimum atomic E-state index is -1.12. The highest BCUT2D eigenvalue weighted by atomic mass is 16.5. The molecule has 1 aliphatic rings. The number of aryl methyl sites for hydroxylation is 1. The van der Waals surface area contributed by atoms with Gasteiger partial charge in [0.2, 0.25) is 0 Å². The Hall–Kier alpha value is -2.41. The van der Waals surface area contributed by atoms with Crippen LogP contribution in [0.3, 0.4) is 0 Å². The zero-order chi connectivity index (χ0) is 15.0. The number of nitrogens with zero attached hydrogens (tertiary/aromatic N) is 3. The maximum Gasteiger partial charge on any atom is 0.358 e. The predicted octanol–water partition coefficient (Wildman–Crippen LogP) is 0.747. The van der Waals surface area contributed by atoms with Crippen LogP contribution < -0.4 is 10.5 Å². The number of fused-ring (bicyclic) bond motifs is 1. The average molecular weight is 288 g/mol. The van der Waals surface area contributed by atoms with Gasteiger partial charge in [-0.05, 0) is 18.6 Å². The summed E-state index contributed by atoms with van der Waals surface area (Å²) in [5, 5.41) is 16.6. The second-order valence-electron chi connectivity index (χ2n) is 5.13. The van der Waals surface area contributed by atoms with Gasteiger partial charge in [0.05, 0.1) is 12.2 Å². The molecule has 7 heteroatoms. The van der Waals surface area contributed by atoms with Gasteiger partial charge in [-0.25, -0.2) is 9.48 Å². The van der Waals surface area contributed by atoms with Crippen LogP contribution in [-0.4, -0.2) is 32.2 Å². The minimum Gasteiger partial charge on any atom is -0.488 e. The van der Waals surface area contributed by atoms with Gasteiger partial charge < -0.3 is 15.6 Å². The molecule has 0 radical (unpaired) electrons. The van der Waals surface area contributed by atoms with E-state index in [1.54, 1.807) is 0 Å². The van der Waals surface area contributed by atoms with Gasteiger partial charge in [-0.1, -0.05) is 22.9 Å². The van der Waals surface area contributed by atoms with E-state index in [2.05, 4.69) is 16.4 Å². The van der Waals surface area contributed by atoms with Gasteiger partial charge in [-0.15, -0.1) is 5.10 Å². The molecule has 0 bridgehead atoms. The van der Waals surface area contributed by atoms with Gasteiger partial charge in [0.15, 0.2) is 5.69 Å². The normalized spacial score (nSPS) is 16.6. The SMILES string of the molecule is Cc1ccc2c(c1)CC(Cn1nnc(C(=O)O)c1CN)O2. The molecular formula is C14H16N4O3. The molecule has 110 valence electrons. The van der Waals surface area contributed by atoms with Crippen LogP contribution in [-0.2, 0) is 19.5 Å². The molecule has 0 saturated heterocycles. The number of hydrogen-bond donors (Lipinski definition) is 2. The summed E-state index contributed by atoms with van der Waals surface area (Å²) in [6, 6.07) is 6.06. The number of aromatic nitrogens is 3. The fourth-order valence-corrected chi connectivity index (χ4v) is 2.59. The van der Waals surface area contributed by atoms with Crippen LogP contribution in [0.5, 0.6) is 5.75 Å². The summed E-state index contributed by atoms with van der Waals surface area (Å²) < 4.78 is 7.38. The monoisotopic (exact) mass is 288 g/mol. The van der Waals surface area contributed by atoms with Crippen LogP contribution in [0.4, 0.5) is 0 Å². The fourth-order valence-electron chi connectivity index (χ4n) is 2.59. The third-order valence-corrected chi connectivity index (χ3v) is 3.57. The summed E-state index contributed by atoms with van der Waals surface area (Å²) in [4.78, 5) is 11.0. The van der Waals surface area contributed by atoms with Crippen molar-refractivity contribution in [3.8, 4) is 5.75 Å². The highest BCUT2D eigenvalue weighted by Gasteiger charge is 2.26. The standard InChI is InChI=1S/C14H16N4O3/c1-8-2-3-12-9(4-8)5-10(21-12)7-18-11(6-15)13(14(19)20)16-17-18/h2-4,10H,5-7,15H2,1H3,(H,19,20). The summed E-state index contributed by atoms with van der Waals surface area (Å²) in [6.07, 6.45) is 0.680. The fraction of sp³-hybridized carbons (Fsp3) is 0.357. The summed E-state index contributed by atoms with van der Waals surface area (Å²) in [5.41, 5.74) is 8.28. The molecule has 0 saturated carbocycles. The molecule has 1 aromatic carbocycles. The Labute approximate surface area is 121 Å². The molecular weight excluding hydrogens is 272 g/mol. The van der Waals surface area contributed by atoms with Crippen LogP contribution in [0.15, 0.2) is 18.2 Å². The predicted molar refractivity (Wildman–Crippen MR) is 74.2 cm³/mol. The number of carboxylic acids is 1. The van der Waals surface area contributed by atoms with Crippen LogP contribution >= 0.6 is 0 Å². The molecule has 1 atom stereocenters. The van der Waals surface area contributed by atoms with Crippen molar-refractivity contribution < 1.29 is 14.6 Å². The Bertz CT molecular complexity index is 696. The Kier molecular flexibility index (Phi) is 3.34. The molecule has 1 unspecified atom stereocenters. The minimum absolute atomic E-state index is 0.0768. The van der Waals surface area contributed by atoms with E-state index in [0.29, 0.717) is 12.2 Å². The number of rotatable bonds is 4. The molecule has 0 amide bonds. The van der Waals surface area contributed by atoms with Gasteiger partial charge in [0.25, 0.3) is 0 Å². The lowest BCUT2D eigenvalue weighted by molar-refractivity contribution is 0.0689. The molecule has 7 nitrogen and oxygen atoms in total. The Morgan fingerprint density at radius 3 is 3.10 bits per heavy atom. The smallest absolute Gasteiger partial charge is 0.358 e. The van der Waals surface area contributed by atoms with Crippen molar-refractivity contribution in [3.63, 3.8) is 0 Å². The maximum absolute atomic E-state index is 11.0. The molecule has 2 heterocycles. The Morgan fingerprint density at radius 2 is 2.38 bits per heavy atom. The lowest BCUT2D eigenvalue weighted by atomic mass is 10.1. The van der Waals surface area contributed by atoms with Crippen molar-refractivity contribution in [2.24, 2.45) is 5.73 Å². The lowest BCUT2D eigenvalue weighted by Gasteiger charge is -2.12. The number of hydrogen-bond acceptors (Lipinski definition) is 5. The number of ether oxygens (including phenoxy) is 1. The van der Waals surface area contributed by atoms with Crippen molar-refractivity contribution in [1.29, 1.82) is 0 Å². The second-order valence-corrected chi connectivity index (χ2v) is 5.13. The van der Waals surface area contributed by atoms with E-state index in [9.17, 15) is 4.79 Å². The van der Waals surface area contributed by atoms with Crippen LogP contribution in [0, 0.1) is 6.92 Å². The number of benzene rings is 1. The molecule has 1 aromatic heterocycles. The Morgan fingerprint density at radius 1 is 1.57 bits per heavy atom. The quantitative estimate of drug-likeness (QED) is 0.860. The average Bonchev–Trinajstić information content (AvgIpc) is 3.01. The van der Waals surface area contributed by atoms with Crippen molar-refractivity contribution in [2.45, 2.75) is 32.5 Å². The molecule has 3 rings (SSSR count). The summed E-state index contributed by atoms with van der Waals surface area (Å²) in [5.74, 6) is -0.244. The van der Waals surface area contributed by atoms with Crippen molar-refractivity contribution in [2.75, 3.05) is 0 Å². The van der Waals surface area contributed by atoms with Crippen molar-refractivity contribution in [1.82, 2.24) is 15.0 Å². The second kappa shape index (κ2) is 5.17. The summed E-state index contributed by atoms with van der Waals surface area (Å²) in [7, 11) is 0. The first-order valence-electron chi connectivity index (χ1n) is 6.70. The van der Waals surface area contributed by atoms with Gasteiger partial charge in [0, 0.05) is 13.0 Å². The van der Waals surface area contributed by atoms with Gasteiger partial charge >= 0.3 is 5.97 Å². The molecule has 0 aliphatic carbocycles. The van der Waals surface area contributed by atoms with Gasteiger partial charge in [-0.3, -0.25) is 0 Å². The number of carboxylic acid groups (broad SMARTS) is 1. The Balaban J connectivity index is 1.79. The van der Waals surface area contributed by atoms with E-state index < -0.39 is 5.97 Å². The lowest BCUT2D eigenvalue weighted by Crippen LogP contribution is -2.24. The van der Waals surface area contributed by atoms with Crippen LogP contribution in [0.2, 0.25) is 0 Å². The zero-order valence-corrected chi connectivity index (χ0v) is 11.6. The van der Waals surface area contributed by atoms with Crippen molar-refractivity contribution >= 4 is 5.97 Å². The van der Waals surface area contributed by atoms with E-state index in [1.165, 1.54) is 10.2 Å². The largest absolute Gasteiger partial charge is 0.488 e. The zero-order valence-electron chi connectivity index (χ0n) is 11.6. The first-order valence-corrected chi connectivity index (χ1v) is 6.70. The molecule has 0 fully saturated rings. The third-order valence-electron chi connectivity index (χ3n) is 3.57. The number of carbonyl (C=O) groups is 1. The highest BCUT2D eigenvalue weighted by molar-refractivity contribution is 5.86. The number of nitrogens with two attached hydrogens (primary N) is 1. The van der Waals surface area contributed by atoms with E-state index in [1.807, 2.05) is 19.1 Å². The summed E-state index contributed by atoms with van der Waals surface area (Å²) in [6.45, 7) is 2.55. The van der Waals surface area contributed by atoms with E-state index in [0.717, 1.165) is 17.7 Å². The first kappa shape index (κ1) is 13.6. The third kappa shape index (κ3) is 2.47. The molecule has 1 aliphatic heterocycles. The van der Waals surface area contributed by atoms with Crippen LogP contribution in [0.1, 0.15) is 27.3 Å². The van der Waals surface area contributed by atoms with Gasteiger partial charge in [-0.2, -0.15) is 0 Å². The van der Waals surface area contributed by atoms with E-state index in [-0.39, 0.29) is 18.3 Å². The highest BCUT2D eigenvalue weighted by Crippen LogP contribution is 2.30. The van der Waals surface area contributed by atoms with Gasteiger partial charge in [0.1, 0.15) is 11.9 Å².